The Labute approximate surface area is 213 Å². The first-order valence-corrected chi connectivity index (χ1v) is 11.6. The molecule has 0 unspecified atom stereocenters. The van der Waals surface area contributed by atoms with Crippen molar-refractivity contribution in [3.8, 4) is 11.4 Å². The monoisotopic (exact) mass is 510 g/mol. The van der Waals surface area contributed by atoms with Crippen LogP contribution < -0.4 is 5.73 Å². The lowest BCUT2D eigenvalue weighted by atomic mass is 10.1. The van der Waals surface area contributed by atoms with Gasteiger partial charge in [-0.05, 0) is 30.2 Å². The van der Waals surface area contributed by atoms with Crippen molar-refractivity contribution in [2.75, 3.05) is 26.5 Å². The number of ether oxygens (including phenoxy) is 1. The van der Waals surface area contributed by atoms with E-state index in [1.54, 1.807) is 34.0 Å². The number of nitrogens with two attached hydrogens (primary N) is 1. The van der Waals surface area contributed by atoms with Crippen molar-refractivity contribution >= 4 is 18.1 Å². The summed E-state index contributed by atoms with van der Waals surface area (Å²) in [4.78, 5) is 27.4. The topological polar surface area (TPSA) is 115 Å². The normalized spacial score (nSPS) is 16.5. The number of amides is 1. The molecule has 0 saturated carbocycles. The molecule has 0 aliphatic carbocycles. The van der Waals surface area contributed by atoms with Gasteiger partial charge in [-0.25, -0.2) is 23.7 Å². The highest BCUT2D eigenvalue weighted by atomic mass is 19.2. The number of rotatable bonds is 5. The number of allylic oxidation sites excluding steroid dienone is 1. The minimum Gasteiger partial charge on any atom is -0.382 e. The first-order chi connectivity index (χ1) is 17.8. The first kappa shape index (κ1) is 25.9. The molecule has 2 N–H and O–H groups in total. The number of halogens is 2. The number of imidazole rings is 1. The summed E-state index contributed by atoms with van der Waals surface area (Å²) in [7, 11) is 3.45. The summed E-state index contributed by atoms with van der Waals surface area (Å²) >= 11 is 0. The summed E-state index contributed by atoms with van der Waals surface area (Å²) < 4.78 is 33.9. The van der Waals surface area contributed by atoms with Gasteiger partial charge in [0.1, 0.15) is 5.69 Å². The quantitative estimate of drug-likeness (QED) is 0.561. The second kappa shape index (κ2) is 11.2. The van der Waals surface area contributed by atoms with E-state index in [4.69, 9.17) is 10.5 Å². The third-order valence-electron chi connectivity index (χ3n) is 5.83. The average Bonchev–Trinajstić information content (AvgIpc) is 3.30. The molecule has 37 heavy (non-hydrogen) atoms. The van der Waals surface area contributed by atoms with Crippen LogP contribution in [0, 0.1) is 18.6 Å². The van der Waals surface area contributed by atoms with E-state index in [1.807, 2.05) is 26.4 Å². The molecule has 1 amide bonds. The predicted molar refractivity (Wildman–Crippen MR) is 134 cm³/mol. The maximum Gasteiger partial charge on any atom is 0.290 e. The van der Waals surface area contributed by atoms with Gasteiger partial charge in [0.05, 0.1) is 18.3 Å². The Bertz CT molecular complexity index is 1330. The lowest BCUT2D eigenvalue weighted by Crippen LogP contribution is -2.49. The number of carbonyl (C=O) groups is 1. The van der Waals surface area contributed by atoms with Gasteiger partial charge in [-0.3, -0.25) is 9.80 Å². The van der Waals surface area contributed by atoms with Crippen LogP contribution in [0.25, 0.3) is 11.4 Å². The zero-order chi connectivity index (χ0) is 26.5. The number of benzene rings is 1. The number of fused-ring (bicyclic) bond motifs is 1. The lowest BCUT2D eigenvalue weighted by Gasteiger charge is -2.35. The molecule has 0 fully saturated rings. The van der Waals surface area contributed by atoms with Crippen LogP contribution in [-0.4, -0.2) is 68.4 Å². The van der Waals surface area contributed by atoms with Crippen molar-refractivity contribution in [3.05, 3.63) is 71.5 Å². The van der Waals surface area contributed by atoms with Crippen LogP contribution in [0.4, 0.5) is 14.7 Å². The summed E-state index contributed by atoms with van der Waals surface area (Å²) in [5.74, 6) is -1.88. The van der Waals surface area contributed by atoms with Crippen molar-refractivity contribution in [2.24, 2.45) is 5.10 Å². The number of hydrazone groups is 1. The van der Waals surface area contributed by atoms with Crippen molar-refractivity contribution in [1.29, 1.82) is 0 Å². The lowest BCUT2D eigenvalue weighted by molar-refractivity contribution is 0.0379. The fraction of sp³-hybridized carbons (Fsp3) is 0.320. The molecule has 1 atom stereocenters. The Morgan fingerprint density at radius 3 is 2.68 bits per heavy atom. The van der Waals surface area contributed by atoms with Crippen molar-refractivity contribution in [2.45, 2.75) is 32.5 Å². The van der Waals surface area contributed by atoms with Gasteiger partial charge in [-0.2, -0.15) is 5.10 Å². The SMILES string of the molecule is CN1C=CCC=N1.COC[C@H]1Cn2cc(-c3nc(N)ncc3C)nc2C(=O)N1Cc1ccc(F)c(F)c1. The Kier molecular flexibility index (Phi) is 7.87. The van der Waals surface area contributed by atoms with Crippen molar-refractivity contribution in [1.82, 2.24) is 29.4 Å². The third-order valence-corrected chi connectivity index (χ3v) is 5.83. The summed E-state index contributed by atoms with van der Waals surface area (Å²) in [6.07, 6.45) is 10.2. The number of aryl methyl sites for hydroxylation is 1. The summed E-state index contributed by atoms with van der Waals surface area (Å²) in [6, 6.07) is 3.29. The van der Waals surface area contributed by atoms with Gasteiger partial charge in [0.15, 0.2) is 17.5 Å². The van der Waals surface area contributed by atoms with Gasteiger partial charge in [0.2, 0.25) is 5.95 Å². The summed E-state index contributed by atoms with van der Waals surface area (Å²) in [5.41, 5.74) is 8.01. The molecule has 0 spiro atoms. The molecule has 2 aliphatic rings. The molecule has 4 heterocycles. The van der Waals surface area contributed by atoms with Crippen LogP contribution >= 0.6 is 0 Å². The van der Waals surface area contributed by atoms with E-state index < -0.39 is 11.6 Å². The Morgan fingerprint density at radius 2 is 2.03 bits per heavy atom. The number of nitrogens with zero attached hydrogens (tertiary/aromatic N) is 7. The number of anilines is 1. The van der Waals surface area contributed by atoms with Crippen LogP contribution in [0.15, 0.2) is 48.0 Å². The van der Waals surface area contributed by atoms with Crippen LogP contribution in [-0.2, 0) is 17.8 Å². The van der Waals surface area contributed by atoms with Gasteiger partial charge >= 0.3 is 0 Å². The largest absolute Gasteiger partial charge is 0.382 e. The number of methoxy groups -OCH3 is 1. The van der Waals surface area contributed by atoms with Crippen molar-refractivity contribution in [3.63, 3.8) is 0 Å². The van der Waals surface area contributed by atoms with E-state index >= 15 is 0 Å². The maximum absolute atomic E-state index is 13.6. The smallest absolute Gasteiger partial charge is 0.290 e. The maximum atomic E-state index is 13.6. The zero-order valence-corrected chi connectivity index (χ0v) is 20.8. The molecular formula is C25H28F2N8O2. The fourth-order valence-corrected chi connectivity index (χ4v) is 4.03. The zero-order valence-electron chi connectivity index (χ0n) is 20.8. The molecule has 0 bridgehead atoms. The predicted octanol–water partition coefficient (Wildman–Crippen LogP) is 3.00. The highest BCUT2D eigenvalue weighted by Crippen LogP contribution is 2.26. The number of nitrogen functional groups attached to an aromatic ring is 1. The van der Waals surface area contributed by atoms with E-state index in [2.05, 4.69) is 26.1 Å². The minimum atomic E-state index is -0.958. The molecule has 2 aliphatic heterocycles. The third kappa shape index (κ3) is 5.97. The van der Waals surface area contributed by atoms with Crippen LogP contribution in [0.3, 0.4) is 0 Å². The van der Waals surface area contributed by atoms with E-state index in [-0.39, 0.29) is 36.9 Å². The highest BCUT2D eigenvalue weighted by molar-refractivity contribution is 5.92. The molecule has 1 aromatic carbocycles. The number of aromatic nitrogens is 4. The molecular weight excluding hydrogens is 482 g/mol. The van der Waals surface area contributed by atoms with Crippen LogP contribution in [0.2, 0.25) is 0 Å². The number of carbonyl (C=O) groups excluding carboxylic acids is 1. The fourth-order valence-electron chi connectivity index (χ4n) is 4.03. The summed E-state index contributed by atoms with van der Waals surface area (Å²) in [5, 5.41) is 5.73. The molecule has 0 saturated heterocycles. The molecule has 2 aromatic heterocycles. The Balaban J connectivity index is 0.000000396. The van der Waals surface area contributed by atoms with Gasteiger partial charge in [0.25, 0.3) is 5.91 Å². The second-order valence-corrected chi connectivity index (χ2v) is 8.64. The summed E-state index contributed by atoms with van der Waals surface area (Å²) in [6.45, 7) is 2.65. The second-order valence-electron chi connectivity index (χ2n) is 8.64. The van der Waals surface area contributed by atoms with Gasteiger partial charge in [0, 0.05) is 58.5 Å². The first-order valence-electron chi connectivity index (χ1n) is 11.6. The minimum absolute atomic E-state index is 0.103. The Morgan fingerprint density at radius 1 is 1.22 bits per heavy atom. The van der Waals surface area contributed by atoms with E-state index in [1.165, 1.54) is 6.07 Å². The van der Waals surface area contributed by atoms with Gasteiger partial charge in [-0.15, -0.1) is 0 Å². The number of hydrogen-bond acceptors (Lipinski definition) is 8. The molecule has 3 aromatic rings. The van der Waals surface area contributed by atoms with Gasteiger partial charge < -0.3 is 19.9 Å². The molecule has 12 heteroatoms. The standard InChI is InChI=1S/C20H20F2N6O2.C5H8N2/c1-11-6-24-20(23)26-17(11)16-9-27-8-13(10-30-2)28(19(29)18(27)25-16)7-12-3-4-14(21)15(22)5-12;1-7-5-3-2-4-6-7/h3-6,9,13H,7-8,10H2,1-2H3,(H2,23,24,26);3-5H,2H2,1H3/t13-;/m1./s1. The number of hydrogen-bond donors (Lipinski definition) is 1. The van der Waals surface area contributed by atoms with E-state index in [9.17, 15) is 13.6 Å². The average molecular weight is 511 g/mol. The van der Waals surface area contributed by atoms with Crippen LogP contribution in [0.5, 0.6) is 0 Å². The molecule has 5 rings (SSSR count). The van der Waals surface area contributed by atoms with E-state index in [0.717, 1.165) is 24.1 Å². The van der Waals surface area contributed by atoms with Crippen LogP contribution in [0.1, 0.15) is 28.2 Å². The molecule has 10 nitrogen and oxygen atoms in total. The Hall–Kier alpha value is -4.19. The molecule has 194 valence electrons. The van der Waals surface area contributed by atoms with Gasteiger partial charge in [-0.1, -0.05) is 12.1 Å². The van der Waals surface area contributed by atoms with E-state index in [0.29, 0.717) is 23.5 Å². The highest BCUT2D eigenvalue weighted by Gasteiger charge is 2.34. The molecule has 0 radical (unpaired) electrons. The van der Waals surface area contributed by atoms with Crippen molar-refractivity contribution < 1.29 is 18.3 Å².